The maximum Gasteiger partial charge on any atom is 0.360 e. The fourth-order valence-electron chi connectivity index (χ4n) is 1.22. The Bertz CT molecular complexity index is 417. The summed E-state index contributed by atoms with van der Waals surface area (Å²) >= 11 is 1.32. The van der Waals surface area contributed by atoms with Crippen molar-refractivity contribution in [1.29, 1.82) is 0 Å². The molecule has 1 amide bonds. The Hall–Kier alpha value is -1.63. The van der Waals surface area contributed by atoms with Crippen LogP contribution in [0.25, 0.3) is 0 Å². The number of hydrogen-bond donors (Lipinski definition) is 1. The number of esters is 1. The zero-order chi connectivity index (χ0) is 13.5. The van der Waals surface area contributed by atoms with Crippen molar-refractivity contribution in [2.45, 2.75) is 13.3 Å². The molecule has 1 N–H and O–H groups in total. The number of anilines is 1. The molecule has 0 bridgehead atoms. The number of amides is 1. The molecule has 0 aliphatic rings. The molecule has 0 aromatic carbocycles. The Kier molecular flexibility index (Phi) is 5.57. The van der Waals surface area contributed by atoms with Gasteiger partial charge in [0.2, 0.25) is 5.91 Å². The lowest BCUT2D eigenvalue weighted by molar-refractivity contribution is -0.128. The SMILES string of the molecule is CCOC(=O)c1ncsc1NCCC(=O)N(C)C. The smallest absolute Gasteiger partial charge is 0.360 e. The monoisotopic (exact) mass is 271 g/mol. The minimum absolute atomic E-state index is 0.0321. The van der Waals surface area contributed by atoms with Gasteiger partial charge in [-0.1, -0.05) is 0 Å². The summed E-state index contributed by atoms with van der Waals surface area (Å²) in [4.78, 5) is 28.4. The van der Waals surface area contributed by atoms with Crippen molar-refractivity contribution in [2.24, 2.45) is 0 Å². The van der Waals surface area contributed by atoms with Crippen molar-refractivity contribution >= 4 is 28.2 Å². The van der Waals surface area contributed by atoms with Gasteiger partial charge in [-0.25, -0.2) is 9.78 Å². The third-order valence-corrected chi connectivity index (χ3v) is 2.94. The first-order chi connectivity index (χ1) is 8.56. The molecule has 7 heteroatoms. The molecule has 1 aromatic heterocycles. The Balaban J connectivity index is 2.50. The molecular formula is C11H17N3O3S. The van der Waals surface area contributed by atoms with Gasteiger partial charge >= 0.3 is 5.97 Å². The van der Waals surface area contributed by atoms with Crippen LogP contribution in [0.2, 0.25) is 0 Å². The van der Waals surface area contributed by atoms with Gasteiger partial charge < -0.3 is 15.0 Å². The van der Waals surface area contributed by atoms with Gasteiger partial charge in [0.15, 0.2) is 5.69 Å². The summed E-state index contributed by atoms with van der Waals surface area (Å²) in [6, 6.07) is 0. The van der Waals surface area contributed by atoms with E-state index in [-0.39, 0.29) is 11.6 Å². The number of carbonyl (C=O) groups excluding carboxylic acids is 2. The van der Waals surface area contributed by atoms with E-state index in [1.165, 1.54) is 16.2 Å². The zero-order valence-corrected chi connectivity index (χ0v) is 11.5. The molecular weight excluding hydrogens is 254 g/mol. The number of hydrogen-bond acceptors (Lipinski definition) is 6. The van der Waals surface area contributed by atoms with E-state index in [1.54, 1.807) is 26.5 Å². The minimum atomic E-state index is -0.444. The number of carbonyl (C=O) groups is 2. The molecule has 0 saturated heterocycles. The zero-order valence-electron chi connectivity index (χ0n) is 10.7. The average Bonchev–Trinajstić information content (AvgIpc) is 2.77. The highest BCUT2D eigenvalue weighted by atomic mass is 32.1. The Morgan fingerprint density at radius 1 is 1.50 bits per heavy atom. The number of nitrogens with one attached hydrogen (secondary N) is 1. The van der Waals surface area contributed by atoms with Crippen LogP contribution in [-0.4, -0.2) is 49.0 Å². The van der Waals surface area contributed by atoms with Crippen molar-refractivity contribution < 1.29 is 14.3 Å². The van der Waals surface area contributed by atoms with E-state index in [9.17, 15) is 9.59 Å². The van der Waals surface area contributed by atoms with Crippen LogP contribution in [-0.2, 0) is 9.53 Å². The fourth-order valence-corrected chi connectivity index (χ4v) is 1.92. The molecule has 0 aliphatic heterocycles. The van der Waals surface area contributed by atoms with E-state index < -0.39 is 5.97 Å². The molecule has 100 valence electrons. The number of ether oxygens (including phenoxy) is 1. The van der Waals surface area contributed by atoms with Gasteiger partial charge in [-0.05, 0) is 6.92 Å². The maximum absolute atomic E-state index is 11.5. The van der Waals surface area contributed by atoms with Crippen molar-refractivity contribution in [1.82, 2.24) is 9.88 Å². The van der Waals surface area contributed by atoms with E-state index in [1.807, 2.05) is 0 Å². The Morgan fingerprint density at radius 2 is 2.22 bits per heavy atom. The van der Waals surface area contributed by atoms with Gasteiger partial charge in [0, 0.05) is 27.1 Å². The summed E-state index contributed by atoms with van der Waals surface area (Å²) in [6.07, 6.45) is 0.368. The predicted octanol–water partition coefficient (Wildman–Crippen LogP) is 1.21. The van der Waals surface area contributed by atoms with E-state index in [0.29, 0.717) is 24.6 Å². The Labute approximate surface area is 110 Å². The number of thiazole rings is 1. The summed E-state index contributed by atoms with van der Waals surface area (Å²) in [7, 11) is 3.41. The van der Waals surface area contributed by atoms with Crippen LogP contribution in [0.3, 0.4) is 0 Å². The van der Waals surface area contributed by atoms with Crippen molar-refractivity contribution in [2.75, 3.05) is 32.6 Å². The molecule has 0 saturated carbocycles. The standard InChI is InChI=1S/C11H17N3O3S/c1-4-17-11(16)9-10(18-7-13-9)12-6-5-8(15)14(2)3/h7,12H,4-6H2,1-3H3. The summed E-state index contributed by atoms with van der Waals surface area (Å²) in [5.74, 6) is -0.412. The predicted molar refractivity (Wildman–Crippen MR) is 69.9 cm³/mol. The second-order valence-electron chi connectivity index (χ2n) is 3.72. The van der Waals surface area contributed by atoms with Gasteiger partial charge in [0.25, 0.3) is 0 Å². The third kappa shape index (κ3) is 3.99. The molecule has 0 atom stereocenters. The van der Waals surface area contributed by atoms with Crippen LogP contribution in [0, 0.1) is 0 Å². The summed E-state index contributed by atoms with van der Waals surface area (Å²) < 4.78 is 4.88. The van der Waals surface area contributed by atoms with Crippen molar-refractivity contribution in [3.05, 3.63) is 11.2 Å². The van der Waals surface area contributed by atoms with Crippen LogP contribution in [0.1, 0.15) is 23.8 Å². The van der Waals surface area contributed by atoms with Crippen LogP contribution in [0.15, 0.2) is 5.51 Å². The third-order valence-electron chi connectivity index (χ3n) is 2.16. The summed E-state index contributed by atoms with van der Waals surface area (Å²) in [5, 5.41) is 3.66. The first-order valence-corrected chi connectivity index (χ1v) is 6.48. The molecule has 18 heavy (non-hydrogen) atoms. The lowest BCUT2D eigenvalue weighted by Gasteiger charge is -2.10. The lowest BCUT2D eigenvalue weighted by atomic mass is 10.3. The highest BCUT2D eigenvalue weighted by Gasteiger charge is 2.16. The summed E-state index contributed by atoms with van der Waals surface area (Å²) in [6.45, 7) is 2.52. The number of rotatable bonds is 6. The highest BCUT2D eigenvalue weighted by Crippen LogP contribution is 2.20. The molecule has 1 rings (SSSR count). The average molecular weight is 271 g/mol. The lowest BCUT2D eigenvalue weighted by Crippen LogP contribution is -2.24. The van der Waals surface area contributed by atoms with Crippen LogP contribution in [0.5, 0.6) is 0 Å². The summed E-state index contributed by atoms with van der Waals surface area (Å²) in [5.41, 5.74) is 1.85. The molecule has 0 radical (unpaired) electrons. The second kappa shape index (κ2) is 6.95. The minimum Gasteiger partial charge on any atom is -0.461 e. The van der Waals surface area contributed by atoms with E-state index >= 15 is 0 Å². The van der Waals surface area contributed by atoms with Gasteiger partial charge in [0.05, 0.1) is 12.1 Å². The second-order valence-corrected chi connectivity index (χ2v) is 4.57. The molecule has 1 aromatic rings. The first kappa shape index (κ1) is 14.4. The number of nitrogens with zero attached hydrogens (tertiary/aromatic N) is 2. The van der Waals surface area contributed by atoms with Crippen molar-refractivity contribution in [3.63, 3.8) is 0 Å². The molecule has 6 nitrogen and oxygen atoms in total. The maximum atomic E-state index is 11.5. The van der Waals surface area contributed by atoms with Crippen molar-refractivity contribution in [3.8, 4) is 0 Å². The molecule has 0 fully saturated rings. The topological polar surface area (TPSA) is 71.5 Å². The van der Waals surface area contributed by atoms with E-state index in [0.717, 1.165) is 0 Å². The van der Waals surface area contributed by atoms with Gasteiger partial charge in [-0.3, -0.25) is 4.79 Å². The highest BCUT2D eigenvalue weighted by molar-refractivity contribution is 7.14. The van der Waals surface area contributed by atoms with Crippen LogP contribution >= 0.6 is 11.3 Å². The first-order valence-electron chi connectivity index (χ1n) is 5.60. The van der Waals surface area contributed by atoms with E-state index in [2.05, 4.69) is 10.3 Å². The largest absolute Gasteiger partial charge is 0.461 e. The fraction of sp³-hybridized carbons (Fsp3) is 0.545. The molecule has 0 unspecified atom stereocenters. The number of aromatic nitrogens is 1. The molecule has 0 aliphatic carbocycles. The quantitative estimate of drug-likeness (QED) is 0.787. The molecule has 1 heterocycles. The van der Waals surface area contributed by atoms with Crippen LogP contribution in [0.4, 0.5) is 5.00 Å². The normalized spacial score (nSPS) is 9.94. The van der Waals surface area contributed by atoms with Gasteiger partial charge in [0.1, 0.15) is 5.00 Å². The molecule has 0 spiro atoms. The van der Waals surface area contributed by atoms with Gasteiger partial charge in [-0.15, -0.1) is 11.3 Å². The van der Waals surface area contributed by atoms with E-state index in [4.69, 9.17) is 4.74 Å². The van der Waals surface area contributed by atoms with Gasteiger partial charge in [-0.2, -0.15) is 0 Å². The Morgan fingerprint density at radius 3 is 2.83 bits per heavy atom. The van der Waals surface area contributed by atoms with Crippen LogP contribution < -0.4 is 5.32 Å².